The first-order chi connectivity index (χ1) is 4.84. The monoisotopic (exact) mass is 156 g/mol. The van der Waals surface area contributed by atoms with Crippen LogP contribution in [0.15, 0.2) is 0 Å². The Morgan fingerprint density at radius 1 is 1.10 bits per heavy atom. The smallest absolute Gasteiger partial charge is 0.00549 e. The van der Waals surface area contributed by atoms with E-state index >= 15 is 0 Å². The molecule has 10 heavy (non-hydrogen) atoms. The standard InChI is InChI=1S/C9H16S/c1-7-5-9(6-7)10-8-3-2-4-8/h7-9H,2-6H2,1H3. The fourth-order valence-corrected chi connectivity index (χ4v) is 3.75. The zero-order valence-corrected chi connectivity index (χ0v) is 7.49. The van der Waals surface area contributed by atoms with E-state index in [1.807, 2.05) is 0 Å². The maximum Gasteiger partial charge on any atom is 0.00549 e. The summed E-state index contributed by atoms with van der Waals surface area (Å²) in [7, 11) is 0. The zero-order valence-electron chi connectivity index (χ0n) is 6.68. The molecule has 2 aliphatic rings. The molecule has 0 aliphatic heterocycles. The summed E-state index contributed by atoms with van der Waals surface area (Å²) in [5.41, 5.74) is 0. The van der Waals surface area contributed by atoms with Gasteiger partial charge in [-0.25, -0.2) is 0 Å². The molecule has 58 valence electrons. The van der Waals surface area contributed by atoms with Gasteiger partial charge in [0.25, 0.3) is 0 Å². The second-order valence-corrected chi connectivity index (χ2v) is 5.49. The lowest BCUT2D eigenvalue weighted by Crippen LogP contribution is -2.28. The average molecular weight is 156 g/mol. The molecule has 2 fully saturated rings. The molecule has 0 unspecified atom stereocenters. The quantitative estimate of drug-likeness (QED) is 0.592. The maximum atomic E-state index is 2.37. The third-order valence-corrected chi connectivity index (χ3v) is 4.39. The molecule has 0 N–H and O–H groups in total. The van der Waals surface area contributed by atoms with Gasteiger partial charge in [0.1, 0.15) is 0 Å². The molecule has 0 heterocycles. The van der Waals surface area contributed by atoms with Crippen LogP contribution in [-0.4, -0.2) is 10.5 Å². The van der Waals surface area contributed by atoms with E-state index in [4.69, 9.17) is 0 Å². The Morgan fingerprint density at radius 3 is 2.20 bits per heavy atom. The van der Waals surface area contributed by atoms with Crippen molar-refractivity contribution in [1.29, 1.82) is 0 Å². The summed E-state index contributed by atoms with van der Waals surface area (Å²) in [5, 5.41) is 2.12. The van der Waals surface area contributed by atoms with Gasteiger partial charge in [0.05, 0.1) is 0 Å². The molecule has 0 radical (unpaired) electrons. The van der Waals surface area contributed by atoms with Crippen molar-refractivity contribution in [2.24, 2.45) is 5.92 Å². The number of hydrogen-bond donors (Lipinski definition) is 0. The minimum Gasteiger partial charge on any atom is -0.155 e. The normalized spacial score (nSPS) is 40.5. The highest BCUT2D eigenvalue weighted by atomic mass is 32.2. The van der Waals surface area contributed by atoms with Crippen LogP contribution >= 0.6 is 11.8 Å². The first-order valence-electron chi connectivity index (χ1n) is 4.50. The van der Waals surface area contributed by atoms with Crippen LogP contribution in [-0.2, 0) is 0 Å². The van der Waals surface area contributed by atoms with Crippen molar-refractivity contribution in [2.75, 3.05) is 0 Å². The van der Waals surface area contributed by atoms with E-state index in [1.54, 1.807) is 0 Å². The van der Waals surface area contributed by atoms with Gasteiger partial charge < -0.3 is 0 Å². The van der Waals surface area contributed by atoms with E-state index in [1.165, 1.54) is 32.1 Å². The molecule has 0 spiro atoms. The number of rotatable bonds is 2. The first kappa shape index (κ1) is 7.02. The highest BCUT2D eigenvalue weighted by Gasteiger charge is 2.30. The Kier molecular flexibility index (Phi) is 1.94. The third kappa shape index (κ3) is 1.34. The Bertz CT molecular complexity index is 112. The lowest BCUT2D eigenvalue weighted by molar-refractivity contribution is 0.357. The van der Waals surface area contributed by atoms with Crippen LogP contribution in [0.3, 0.4) is 0 Å². The summed E-state index contributed by atoms with van der Waals surface area (Å²) in [6.45, 7) is 2.37. The van der Waals surface area contributed by atoms with Crippen LogP contribution in [0.5, 0.6) is 0 Å². The molecule has 2 aliphatic carbocycles. The topological polar surface area (TPSA) is 0 Å². The maximum absolute atomic E-state index is 2.37. The Balaban J connectivity index is 1.62. The van der Waals surface area contributed by atoms with Gasteiger partial charge in [-0.05, 0) is 31.6 Å². The first-order valence-corrected chi connectivity index (χ1v) is 5.44. The predicted molar refractivity (Wildman–Crippen MR) is 47.4 cm³/mol. The SMILES string of the molecule is CC1CC(SC2CCC2)C1. The summed E-state index contributed by atoms with van der Waals surface area (Å²) in [4.78, 5) is 0. The summed E-state index contributed by atoms with van der Waals surface area (Å²) in [6.07, 6.45) is 7.52. The van der Waals surface area contributed by atoms with E-state index in [2.05, 4.69) is 18.7 Å². The lowest BCUT2D eigenvalue weighted by atomic mass is 9.87. The van der Waals surface area contributed by atoms with Gasteiger partial charge in [0.15, 0.2) is 0 Å². The summed E-state index contributed by atoms with van der Waals surface area (Å²) in [5.74, 6) is 1.04. The Labute approximate surface area is 67.8 Å². The molecule has 0 aromatic heterocycles. The van der Waals surface area contributed by atoms with Gasteiger partial charge in [0.2, 0.25) is 0 Å². The molecule has 0 aromatic rings. The summed E-state index contributed by atoms with van der Waals surface area (Å²) < 4.78 is 0. The minimum atomic E-state index is 1.04. The van der Waals surface area contributed by atoms with E-state index in [0.717, 1.165) is 16.4 Å². The average Bonchev–Trinajstić information content (AvgIpc) is 1.72. The van der Waals surface area contributed by atoms with Crippen molar-refractivity contribution in [3.63, 3.8) is 0 Å². The molecule has 0 amide bonds. The van der Waals surface area contributed by atoms with Crippen molar-refractivity contribution < 1.29 is 0 Å². The predicted octanol–water partition coefficient (Wildman–Crippen LogP) is 3.07. The molecule has 2 rings (SSSR count). The van der Waals surface area contributed by atoms with Gasteiger partial charge in [-0.3, -0.25) is 0 Å². The van der Waals surface area contributed by atoms with Crippen LogP contribution in [0.2, 0.25) is 0 Å². The van der Waals surface area contributed by atoms with Gasteiger partial charge in [0, 0.05) is 10.5 Å². The van der Waals surface area contributed by atoms with E-state index in [-0.39, 0.29) is 0 Å². The van der Waals surface area contributed by atoms with Crippen molar-refractivity contribution >= 4 is 11.8 Å². The van der Waals surface area contributed by atoms with Crippen molar-refractivity contribution in [3.8, 4) is 0 Å². The molecule has 2 saturated carbocycles. The zero-order chi connectivity index (χ0) is 6.97. The molecule has 0 saturated heterocycles. The minimum absolute atomic E-state index is 1.04. The summed E-state index contributed by atoms with van der Waals surface area (Å²) in [6, 6.07) is 0. The second kappa shape index (κ2) is 2.77. The highest BCUT2D eigenvalue weighted by Crippen LogP contribution is 2.43. The third-order valence-electron chi connectivity index (χ3n) is 2.77. The molecule has 0 nitrogen and oxygen atoms in total. The van der Waals surface area contributed by atoms with Crippen LogP contribution in [0.25, 0.3) is 0 Å². The number of hydrogen-bond acceptors (Lipinski definition) is 1. The van der Waals surface area contributed by atoms with Crippen LogP contribution in [0.4, 0.5) is 0 Å². The molecular weight excluding hydrogens is 140 g/mol. The fourth-order valence-electron chi connectivity index (χ4n) is 1.72. The van der Waals surface area contributed by atoms with E-state index in [9.17, 15) is 0 Å². The van der Waals surface area contributed by atoms with E-state index in [0.29, 0.717) is 0 Å². The van der Waals surface area contributed by atoms with Crippen molar-refractivity contribution in [1.82, 2.24) is 0 Å². The fraction of sp³-hybridized carbons (Fsp3) is 1.00. The lowest BCUT2D eigenvalue weighted by Gasteiger charge is -2.37. The molecule has 0 atom stereocenters. The molecular formula is C9H16S. The van der Waals surface area contributed by atoms with E-state index < -0.39 is 0 Å². The van der Waals surface area contributed by atoms with Crippen LogP contribution in [0, 0.1) is 5.92 Å². The van der Waals surface area contributed by atoms with Gasteiger partial charge in [-0.15, -0.1) is 0 Å². The van der Waals surface area contributed by atoms with Gasteiger partial charge in [-0.1, -0.05) is 13.3 Å². The highest BCUT2D eigenvalue weighted by molar-refractivity contribution is 8.00. The van der Waals surface area contributed by atoms with Crippen LogP contribution in [0.1, 0.15) is 39.0 Å². The molecule has 1 heteroatoms. The van der Waals surface area contributed by atoms with Gasteiger partial charge >= 0.3 is 0 Å². The van der Waals surface area contributed by atoms with Crippen LogP contribution < -0.4 is 0 Å². The number of thioether (sulfide) groups is 1. The van der Waals surface area contributed by atoms with Gasteiger partial charge in [-0.2, -0.15) is 11.8 Å². The second-order valence-electron chi connectivity index (χ2n) is 3.89. The molecule has 0 aromatic carbocycles. The van der Waals surface area contributed by atoms with Crippen molar-refractivity contribution in [3.05, 3.63) is 0 Å². The largest absolute Gasteiger partial charge is 0.155 e. The molecule has 0 bridgehead atoms. The summed E-state index contributed by atoms with van der Waals surface area (Å²) >= 11 is 2.28. The Morgan fingerprint density at radius 2 is 1.80 bits per heavy atom. The van der Waals surface area contributed by atoms with Crippen molar-refractivity contribution in [2.45, 2.75) is 49.5 Å². The Hall–Kier alpha value is 0.350.